The van der Waals surface area contributed by atoms with Gasteiger partial charge in [-0.15, -0.1) is 11.6 Å². The summed E-state index contributed by atoms with van der Waals surface area (Å²) in [5.41, 5.74) is 3.10. The molecule has 0 aliphatic carbocycles. The van der Waals surface area contributed by atoms with Crippen LogP contribution in [0.5, 0.6) is 0 Å². The van der Waals surface area contributed by atoms with E-state index in [2.05, 4.69) is 6.07 Å². The molecule has 2 aromatic rings. The van der Waals surface area contributed by atoms with Crippen molar-refractivity contribution in [3.05, 3.63) is 59.4 Å². The molecule has 0 aromatic heterocycles. The van der Waals surface area contributed by atoms with E-state index in [1.54, 1.807) is 18.2 Å². The first-order valence-corrected chi connectivity index (χ1v) is 6.27. The molecule has 0 amide bonds. The molecule has 0 aliphatic rings. The van der Waals surface area contributed by atoms with E-state index in [-0.39, 0.29) is 11.7 Å². The van der Waals surface area contributed by atoms with Gasteiger partial charge in [-0.3, -0.25) is 0 Å². The molecule has 0 saturated carbocycles. The van der Waals surface area contributed by atoms with Gasteiger partial charge in [0.1, 0.15) is 5.82 Å². The lowest BCUT2D eigenvalue weighted by molar-refractivity contribution is 0.626. The summed E-state index contributed by atoms with van der Waals surface area (Å²) in [4.78, 5) is 1.91. The third-order valence-corrected chi connectivity index (χ3v) is 3.22. The number of halogens is 2. The molecule has 0 fully saturated rings. The minimum atomic E-state index is -0.298. The quantitative estimate of drug-likeness (QED) is 0.784. The van der Waals surface area contributed by atoms with E-state index in [0.29, 0.717) is 5.56 Å². The van der Waals surface area contributed by atoms with E-state index in [1.807, 2.05) is 24.1 Å². The number of nitriles is 1. The largest absolute Gasteiger partial charge is 0.344 e. The second-order valence-corrected chi connectivity index (χ2v) is 4.39. The summed E-state index contributed by atoms with van der Waals surface area (Å²) in [6, 6.07) is 13.8. The molecule has 0 saturated heterocycles. The van der Waals surface area contributed by atoms with Crippen molar-refractivity contribution in [2.75, 3.05) is 11.9 Å². The lowest BCUT2D eigenvalue weighted by atomic mass is 10.1. The standard InChI is InChI=1S/C15H12ClFN2/c1-19(14-5-2-11(10-18)3-6-14)15-7-4-13(17)8-12(15)9-16/h2-8H,9H2,1H3. The predicted octanol–water partition coefficient (Wildman–Crippen LogP) is 4.20. The predicted molar refractivity (Wildman–Crippen MR) is 75.2 cm³/mol. The molecule has 2 aromatic carbocycles. The Kier molecular flexibility index (Phi) is 4.03. The molecule has 0 heterocycles. The van der Waals surface area contributed by atoms with Crippen molar-refractivity contribution in [3.8, 4) is 6.07 Å². The monoisotopic (exact) mass is 274 g/mol. The van der Waals surface area contributed by atoms with Crippen LogP contribution in [-0.2, 0) is 5.88 Å². The van der Waals surface area contributed by atoms with E-state index < -0.39 is 0 Å². The Morgan fingerprint density at radius 1 is 1.21 bits per heavy atom. The average molecular weight is 275 g/mol. The van der Waals surface area contributed by atoms with Gasteiger partial charge in [0, 0.05) is 24.3 Å². The summed E-state index contributed by atoms with van der Waals surface area (Å²) in [6.07, 6.45) is 0. The number of anilines is 2. The van der Waals surface area contributed by atoms with Gasteiger partial charge in [-0.2, -0.15) is 5.26 Å². The van der Waals surface area contributed by atoms with E-state index in [0.717, 1.165) is 16.9 Å². The third-order valence-electron chi connectivity index (χ3n) is 2.93. The fraction of sp³-hybridized carbons (Fsp3) is 0.133. The first-order chi connectivity index (χ1) is 9.15. The van der Waals surface area contributed by atoms with Crippen molar-refractivity contribution in [2.24, 2.45) is 0 Å². The Hall–Kier alpha value is -2.05. The van der Waals surface area contributed by atoms with Crippen LogP contribution in [0.1, 0.15) is 11.1 Å². The number of nitrogens with zero attached hydrogens (tertiary/aromatic N) is 2. The summed E-state index contributed by atoms with van der Waals surface area (Å²) < 4.78 is 13.2. The van der Waals surface area contributed by atoms with Gasteiger partial charge in [-0.1, -0.05) is 0 Å². The van der Waals surface area contributed by atoms with E-state index >= 15 is 0 Å². The molecule has 0 aliphatic heterocycles. The maximum absolute atomic E-state index is 13.2. The minimum Gasteiger partial charge on any atom is -0.344 e. The zero-order chi connectivity index (χ0) is 13.8. The summed E-state index contributed by atoms with van der Waals surface area (Å²) in [5, 5.41) is 8.77. The topological polar surface area (TPSA) is 27.0 Å². The fourth-order valence-electron chi connectivity index (χ4n) is 1.89. The number of alkyl halides is 1. The van der Waals surface area contributed by atoms with Gasteiger partial charge >= 0.3 is 0 Å². The summed E-state index contributed by atoms with van der Waals surface area (Å²) in [7, 11) is 1.88. The van der Waals surface area contributed by atoms with Gasteiger partial charge in [-0.25, -0.2) is 4.39 Å². The Morgan fingerprint density at radius 3 is 2.47 bits per heavy atom. The fourth-order valence-corrected chi connectivity index (χ4v) is 2.10. The Balaban J connectivity index is 2.38. The lowest BCUT2D eigenvalue weighted by Gasteiger charge is -2.22. The maximum Gasteiger partial charge on any atom is 0.123 e. The van der Waals surface area contributed by atoms with Crippen LogP contribution in [0, 0.1) is 17.1 Å². The maximum atomic E-state index is 13.2. The Morgan fingerprint density at radius 2 is 1.89 bits per heavy atom. The zero-order valence-corrected chi connectivity index (χ0v) is 11.2. The van der Waals surface area contributed by atoms with Gasteiger partial charge in [0.25, 0.3) is 0 Å². The van der Waals surface area contributed by atoms with Crippen molar-refractivity contribution >= 4 is 23.0 Å². The number of hydrogen-bond donors (Lipinski definition) is 0. The third kappa shape index (κ3) is 2.86. The van der Waals surface area contributed by atoms with Gasteiger partial charge in [0.2, 0.25) is 0 Å². The average Bonchev–Trinajstić information content (AvgIpc) is 2.46. The second-order valence-electron chi connectivity index (χ2n) is 4.12. The van der Waals surface area contributed by atoms with Gasteiger partial charge in [0.15, 0.2) is 0 Å². The highest BCUT2D eigenvalue weighted by atomic mass is 35.5. The van der Waals surface area contributed by atoms with Crippen LogP contribution in [0.3, 0.4) is 0 Å². The van der Waals surface area contributed by atoms with Crippen LogP contribution >= 0.6 is 11.6 Å². The van der Waals surface area contributed by atoms with Crippen LogP contribution in [0.15, 0.2) is 42.5 Å². The van der Waals surface area contributed by atoms with E-state index in [1.165, 1.54) is 12.1 Å². The van der Waals surface area contributed by atoms with Gasteiger partial charge < -0.3 is 4.90 Å². The molecule has 4 heteroatoms. The van der Waals surface area contributed by atoms with Crippen LogP contribution in [0.4, 0.5) is 15.8 Å². The number of benzene rings is 2. The SMILES string of the molecule is CN(c1ccc(C#N)cc1)c1ccc(F)cc1CCl. The zero-order valence-electron chi connectivity index (χ0n) is 10.4. The molecular weight excluding hydrogens is 263 g/mol. The summed E-state index contributed by atoms with van der Waals surface area (Å²) in [5.74, 6) is -0.0547. The number of rotatable bonds is 3. The Bertz CT molecular complexity index is 617. The smallest absolute Gasteiger partial charge is 0.123 e. The van der Waals surface area contributed by atoms with Crippen molar-refractivity contribution in [3.63, 3.8) is 0 Å². The van der Waals surface area contributed by atoms with Crippen LogP contribution in [0.25, 0.3) is 0 Å². The molecule has 2 rings (SSSR count). The molecule has 2 nitrogen and oxygen atoms in total. The van der Waals surface area contributed by atoms with Gasteiger partial charge in [-0.05, 0) is 48.0 Å². The van der Waals surface area contributed by atoms with E-state index in [9.17, 15) is 4.39 Å². The van der Waals surface area contributed by atoms with Gasteiger partial charge in [0.05, 0.1) is 11.6 Å². The van der Waals surface area contributed by atoms with Crippen molar-refractivity contribution < 1.29 is 4.39 Å². The molecule has 19 heavy (non-hydrogen) atoms. The van der Waals surface area contributed by atoms with Crippen molar-refractivity contribution in [1.82, 2.24) is 0 Å². The van der Waals surface area contributed by atoms with Crippen molar-refractivity contribution in [1.29, 1.82) is 5.26 Å². The van der Waals surface area contributed by atoms with Crippen molar-refractivity contribution in [2.45, 2.75) is 5.88 Å². The Labute approximate surface area is 116 Å². The summed E-state index contributed by atoms with van der Waals surface area (Å²) in [6.45, 7) is 0. The highest BCUT2D eigenvalue weighted by Gasteiger charge is 2.09. The molecule has 96 valence electrons. The molecule has 0 unspecified atom stereocenters. The highest BCUT2D eigenvalue weighted by molar-refractivity contribution is 6.17. The molecule has 0 spiro atoms. The normalized spacial score (nSPS) is 10.0. The molecule has 0 N–H and O–H groups in total. The summed E-state index contributed by atoms with van der Waals surface area (Å²) >= 11 is 5.85. The first-order valence-electron chi connectivity index (χ1n) is 5.74. The molecule has 0 radical (unpaired) electrons. The molecular formula is C15H12ClFN2. The van der Waals surface area contributed by atoms with Crippen LogP contribution in [0.2, 0.25) is 0 Å². The number of hydrogen-bond acceptors (Lipinski definition) is 2. The molecule has 0 atom stereocenters. The first kappa shape index (κ1) is 13.4. The van der Waals surface area contributed by atoms with Crippen LogP contribution < -0.4 is 4.90 Å². The second kappa shape index (κ2) is 5.73. The highest BCUT2D eigenvalue weighted by Crippen LogP contribution is 2.28. The van der Waals surface area contributed by atoms with E-state index in [4.69, 9.17) is 16.9 Å². The minimum absolute atomic E-state index is 0.244. The molecule has 0 bridgehead atoms. The lowest BCUT2D eigenvalue weighted by Crippen LogP contribution is -2.11. The van der Waals surface area contributed by atoms with Crippen LogP contribution in [-0.4, -0.2) is 7.05 Å².